The smallest absolute Gasteiger partial charge is 0.338 e. The minimum atomic E-state index is -3.57. The predicted octanol–water partition coefficient (Wildman–Crippen LogP) is 1.22. The highest BCUT2D eigenvalue weighted by Gasteiger charge is 2.33. The van der Waals surface area contributed by atoms with E-state index >= 15 is 0 Å². The Kier molecular flexibility index (Phi) is 2.70. The number of allylic oxidation sites excluding steroid dienone is 1. The number of carbonyl (C=O) groups is 1. The second kappa shape index (κ2) is 3.84. The average molecular weight is 267 g/mol. The van der Waals surface area contributed by atoms with Gasteiger partial charge in [-0.15, -0.1) is 0 Å². The molecule has 1 heterocycles. The van der Waals surface area contributed by atoms with Crippen molar-refractivity contribution in [1.29, 1.82) is 0 Å². The van der Waals surface area contributed by atoms with E-state index in [9.17, 15) is 13.2 Å². The summed E-state index contributed by atoms with van der Waals surface area (Å²) >= 11 is 0. The zero-order valence-corrected chi connectivity index (χ0v) is 11.1. The lowest BCUT2D eigenvalue weighted by molar-refractivity contribution is 0.0599. The molecular formula is C12H13NO4S. The van der Waals surface area contributed by atoms with E-state index in [1.807, 2.05) is 0 Å². The number of hydrogen-bond donors (Lipinski definition) is 1. The van der Waals surface area contributed by atoms with Gasteiger partial charge in [0.15, 0.2) is 0 Å². The summed E-state index contributed by atoms with van der Waals surface area (Å²) < 4.78 is 28.8. The summed E-state index contributed by atoms with van der Waals surface area (Å²) in [7, 11) is -2.32. The van der Waals surface area contributed by atoms with Gasteiger partial charge in [0, 0.05) is 5.56 Å². The lowest BCUT2D eigenvalue weighted by Crippen LogP contribution is -2.07. The number of sulfone groups is 1. The maximum Gasteiger partial charge on any atom is 0.338 e. The molecule has 0 radical (unpaired) electrons. The molecule has 18 heavy (non-hydrogen) atoms. The van der Waals surface area contributed by atoms with E-state index in [2.05, 4.69) is 4.74 Å². The number of methoxy groups -OCH3 is 1. The van der Waals surface area contributed by atoms with Gasteiger partial charge in [-0.2, -0.15) is 0 Å². The van der Waals surface area contributed by atoms with Crippen LogP contribution < -0.4 is 5.73 Å². The molecule has 2 N–H and O–H groups in total. The first-order chi connectivity index (χ1) is 8.30. The molecule has 1 aromatic rings. The second-order valence-electron chi connectivity index (χ2n) is 4.13. The second-order valence-corrected chi connectivity index (χ2v) is 6.19. The van der Waals surface area contributed by atoms with Gasteiger partial charge in [-0.05, 0) is 31.5 Å². The number of carbonyl (C=O) groups excluding carboxylic acids is 1. The molecule has 0 spiro atoms. The Morgan fingerprint density at radius 2 is 1.89 bits per heavy atom. The minimum absolute atomic E-state index is 0.0727. The third-order valence-electron chi connectivity index (χ3n) is 3.09. The Morgan fingerprint density at radius 1 is 1.28 bits per heavy atom. The molecule has 0 fully saturated rings. The molecule has 5 nitrogen and oxygen atoms in total. The van der Waals surface area contributed by atoms with Crippen LogP contribution in [0.4, 0.5) is 0 Å². The SMILES string of the molecule is COC(=O)c1cc2c(cc1C)C(N)=C(C)S2(=O)=O. The third-order valence-corrected chi connectivity index (χ3v) is 5.04. The van der Waals surface area contributed by atoms with E-state index in [0.717, 1.165) is 0 Å². The monoisotopic (exact) mass is 267 g/mol. The molecular weight excluding hydrogens is 254 g/mol. The maximum atomic E-state index is 12.1. The molecule has 0 aliphatic carbocycles. The summed E-state index contributed by atoms with van der Waals surface area (Å²) in [4.78, 5) is 11.7. The Morgan fingerprint density at radius 3 is 2.44 bits per heavy atom. The fourth-order valence-corrected chi connectivity index (χ4v) is 3.41. The predicted molar refractivity (Wildman–Crippen MR) is 66.5 cm³/mol. The van der Waals surface area contributed by atoms with Gasteiger partial charge in [0.1, 0.15) is 0 Å². The van der Waals surface area contributed by atoms with Crippen LogP contribution in [-0.4, -0.2) is 21.5 Å². The summed E-state index contributed by atoms with van der Waals surface area (Å²) in [5, 5.41) is 0. The van der Waals surface area contributed by atoms with Gasteiger partial charge in [-0.1, -0.05) is 0 Å². The van der Waals surface area contributed by atoms with Gasteiger partial charge >= 0.3 is 5.97 Å². The highest BCUT2D eigenvalue weighted by atomic mass is 32.2. The largest absolute Gasteiger partial charge is 0.465 e. The van der Waals surface area contributed by atoms with Crippen molar-refractivity contribution in [3.8, 4) is 0 Å². The van der Waals surface area contributed by atoms with Crippen molar-refractivity contribution in [2.75, 3.05) is 7.11 Å². The molecule has 0 aromatic heterocycles. The van der Waals surface area contributed by atoms with Crippen molar-refractivity contribution in [1.82, 2.24) is 0 Å². The normalized spacial score (nSPS) is 16.6. The highest BCUT2D eigenvalue weighted by Crippen LogP contribution is 2.37. The van der Waals surface area contributed by atoms with Crippen molar-refractivity contribution in [2.45, 2.75) is 18.7 Å². The van der Waals surface area contributed by atoms with E-state index in [4.69, 9.17) is 5.73 Å². The Hall–Kier alpha value is -1.82. The number of benzene rings is 1. The molecule has 0 atom stereocenters. The third kappa shape index (κ3) is 1.53. The lowest BCUT2D eigenvalue weighted by atomic mass is 10.0. The van der Waals surface area contributed by atoms with Crippen molar-refractivity contribution < 1.29 is 17.9 Å². The number of rotatable bonds is 1. The van der Waals surface area contributed by atoms with Gasteiger partial charge in [-0.25, -0.2) is 13.2 Å². The zero-order chi connectivity index (χ0) is 13.7. The Bertz CT molecular complexity index is 686. The molecule has 0 unspecified atom stereocenters. The molecule has 6 heteroatoms. The van der Waals surface area contributed by atoms with Gasteiger partial charge < -0.3 is 10.5 Å². The van der Waals surface area contributed by atoms with Crippen LogP contribution >= 0.6 is 0 Å². The number of aryl methyl sites for hydroxylation is 1. The van der Waals surface area contributed by atoms with Crippen molar-refractivity contribution >= 4 is 21.5 Å². The van der Waals surface area contributed by atoms with Crippen molar-refractivity contribution in [2.24, 2.45) is 5.73 Å². The van der Waals surface area contributed by atoms with E-state index in [1.165, 1.54) is 20.1 Å². The summed E-state index contributed by atoms with van der Waals surface area (Å²) in [5.74, 6) is -0.561. The topological polar surface area (TPSA) is 86.5 Å². The standard InChI is InChI=1S/C12H13NO4S/c1-6-4-9-10(5-8(6)12(14)17-3)18(15,16)7(2)11(9)13/h4-5H,13H2,1-3H3. The molecule has 0 saturated heterocycles. The van der Waals surface area contributed by atoms with Crippen LogP contribution in [-0.2, 0) is 14.6 Å². The molecule has 1 aliphatic rings. The number of ether oxygens (including phenoxy) is 1. The van der Waals surface area contributed by atoms with Crippen LogP contribution in [0.2, 0.25) is 0 Å². The molecule has 0 bridgehead atoms. The zero-order valence-electron chi connectivity index (χ0n) is 10.3. The molecule has 1 aromatic carbocycles. The molecule has 2 rings (SSSR count). The van der Waals surface area contributed by atoms with Gasteiger partial charge in [0.2, 0.25) is 9.84 Å². The van der Waals surface area contributed by atoms with Gasteiger partial charge in [0.25, 0.3) is 0 Å². The summed E-state index contributed by atoms with van der Waals surface area (Å²) in [6.45, 7) is 3.16. The van der Waals surface area contributed by atoms with Crippen LogP contribution in [0.1, 0.15) is 28.4 Å². The van der Waals surface area contributed by atoms with Crippen LogP contribution in [0.25, 0.3) is 5.70 Å². The summed E-state index contributed by atoms with van der Waals surface area (Å²) in [5.41, 5.74) is 7.34. The number of hydrogen-bond acceptors (Lipinski definition) is 5. The van der Waals surface area contributed by atoms with Crippen LogP contribution in [0.3, 0.4) is 0 Å². The van der Waals surface area contributed by atoms with E-state index < -0.39 is 15.8 Å². The van der Waals surface area contributed by atoms with Crippen LogP contribution in [0.15, 0.2) is 21.9 Å². The van der Waals surface area contributed by atoms with Crippen LogP contribution in [0.5, 0.6) is 0 Å². The first-order valence-corrected chi connectivity index (χ1v) is 6.73. The Balaban J connectivity index is 2.77. The molecule has 0 amide bonds. The van der Waals surface area contributed by atoms with Crippen molar-refractivity contribution in [3.05, 3.63) is 33.7 Å². The first kappa shape index (κ1) is 12.6. The molecule has 96 valence electrons. The van der Waals surface area contributed by atoms with Crippen LogP contribution in [0, 0.1) is 6.92 Å². The highest BCUT2D eigenvalue weighted by molar-refractivity contribution is 7.95. The average Bonchev–Trinajstić information content (AvgIpc) is 2.49. The lowest BCUT2D eigenvalue weighted by Gasteiger charge is -2.07. The molecule has 0 saturated carbocycles. The summed E-state index contributed by atoms with van der Waals surface area (Å²) in [6, 6.07) is 2.93. The quantitative estimate of drug-likeness (QED) is 0.773. The fraction of sp³-hybridized carbons (Fsp3) is 0.250. The fourth-order valence-electron chi connectivity index (χ4n) is 1.95. The minimum Gasteiger partial charge on any atom is -0.465 e. The number of esters is 1. The van der Waals surface area contributed by atoms with Crippen molar-refractivity contribution in [3.63, 3.8) is 0 Å². The van der Waals surface area contributed by atoms with Gasteiger partial charge in [-0.3, -0.25) is 0 Å². The first-order valence-electron chi connectivity index (χ1n) is 5.25. The number of nitrogens with two attached hydrogens (primary N) is 1. The van der Waals surface area contributed by atoms with E-state index in [-0.39, 0.29) is 21.1 Å². The van der Waals surface area contributed by atoms with E-state index in [0.29, 0.717) is 11.1 Å². The molecule has 1 aliphatic heterocycles. The van der Waals surface area contributed by atoms with E-state index in [1.54, 1.807) is 13.0 Å². The maximum absolute atomic E-state index is 12.1. The number of fused-ring (bicyclic) bond motifs is 1. The Labute approximate surface area is 105 Å². The summed E-state index contributed by atoms with van der Waals surface area (Å²) in [6.07, 6.45) is 0. The van der Waals surface area contributed by atoms with Gasteiger partial charge in [0.05, 0.1) is 28.2 Å².